The summed E-state index contributed by atoms with van der Waals surface area (Å²) in [7, 11) is 1.57. The van der Waals surface area contributed by atoms with Crippen LogP contribution in [-0.4, -0.2) is 56.0 Å². The van der Waals surface area contributed by atoms with Gasteiger partial charge < -0.3 is 29.4 Å². The maximum absolute atomic E-state index is 10.7. The zero-order valence-electron chi connectivity index (χ0n) is 12.8. The van der Waals surface area contributed by atoms with Gasteiger partial charge in [-0.15, -0.1) is 0 Å². The van der Waals surface area contributed by atoms with Gasteiger partial charge in [0.2, 0.25) is 0 Å². The van der Waals surface area contributed by atoms with Gasteiger partial charge in [-0.05, 0) is 6.54 Å². The smallest absolute Gasteiger partial charge is 0.184 e. The molecule has 0 amide bonds. The van der Waals surface area contributed by atoms with Gasteiger partial charge in [-0.3, -0.25) is 0 Å². The van der Waals surface area contributed by atoms with Crippen molar-refractivity contribution in [1.82, 2.24) is 5.32 Å². The monoisotopic (exact) mass is 309 g/mol. The lowest BCUT2D eigenvalue weighted by atomic mass is 9.95. The first-order valence-electron chi connectivity index (χ1n) is 7.66. The van der Waals surface area contributed by atoms with E-state index in [2.05, 4.69) is 5.32 Å². The first-order valence-corrected chi connectivity index (χ1v) is 7.66. The van der Waals surface area contributed by atoms with E-state index in [1.54, 1.807) is 7.11 Å². The number of aliphatic hydroxyl groups is 1. The number of methoxy groups -OCH3 is 1. The molecule has 0 aromatic heterocycles. The van der Waals surface area contributed by atoms with Crippen LogP contribution in [0.1, 0.15) is 18.8 Å². The van der Waals surface area contributed by atoms with Crippen molar-refractivity contribution in [1.29, 1.82) is 0 Å². The fraction of sp³-hybridized carbons (Fsp3) is 0.625. The highest BCUT2D eigenvalue weighted by Crippen LogP contribution is 2.34. The Labute approximate surface area is 130 Å². The Hall–Kier alpha value is -1.02. The summed E-state index contributed by atoms with van der Waals surface area (Å²) < 4.78 is 22.9. The van der Waals surface area contributed by atoms with Crippen LogP contribution < -0.4 is 5.32 Å². The summed E-state index contributed by atoms with van der Waals surface area (Å²) in [4.78, 5) is 0. The van der Waals surface area contributed by atoms with Gasteiger partial charge in [-0.2, -0.15) is 0 Å². The van der Waals surface area contributed by atoms with E-state index in [4.69, 9.17) is 18.9 Å². The summed E-state index contributed by atoms with van der Waals surface area (Å²) in [5, 5.41) is 13.9. The van der Waals surface area contributed by atoms with Crippen molar-refractivity contribution in [3.05, 3.63) is 35.9 Å². The molecule has 6 nitrogen and oxygen atoms in total. The summed E-state index contributed by atoms with van der Waals surface area (Å²) >= 11 is 0. The molecule has 6 atom stereocenters. The molecule has 6 heteroatoms. The van der Waals surface area contributed by atoms with E-state index in [0.717, 1.165) is 5.56 Å². The first-order chi connectivity index (χ1) is 10.7. The summed E-state index contributed by atoms with van der Waals surface area (Å²) in [6.45, 7) is 3.05. The average Bonchev–Trinajstić information content (AvgIpc) is 2.58. The zero-order valence-corrected chi connectivity index (χ0v) is 12.8. The molecule has 2 aliphatic heterocycles. The van der Waals surface area contributed by atoms with Crippen LogP contribution in [0.3, 0.4) is 0 Å². The molecule has 3 rings (SSSR count). The van der Waals surface area contributed by atoms with Gasteiger partial charge in [0.05, 0.1) is 12.6 Å². The number of benzene rings is 1. The van der Waals surface area contributed by atoms with Crippen LogP contribution >= 0.6 is 0 Å². The molecule has 1 unspecified atom stereocenters. The maximum atomic E-state index is 10.7. The highest BCUT2D eigenvalue weighted by atomic mass is 16.7. The van der Waals surface area contributed by atoms with Crippen molar-refractivity contribution in [2.75, 3.05) is 20.3 Å². The van der Waals surface area contributed by atoms with E-state index in [1.165, 1.54) is 0 Å². The van der Waals surface area contributed by atoms with Crippen molar-refractivity contribution in [3.8, 4) is 0 Å². The molecular formula is C16H23NO5. The molecular weight excluding hydrogens is 286 g/mol. The van der Waals surface area contributed by atoms with Crippen LogP contribution in [-0.2, 0) is 18.9 Å². The SMILES string of the molecule is CCN[C@H]1[C@@H](OC)O[C@@H]2COC(c3ccccc3)O[C@H]2[C@@H]1O. The van der Waals surface area contributed by atoms with E-state index < -0.39 is 24.8 Å². The van der Waals surface area contributed by atoms with Gasteiger partial charge in [0.25, 0.3) is 0 Å². The molecule has 1 aromatic rings. The molecule has 2 saturated heterocycles. The van der Waals surface area contributed by atoms with Crippen LogP contribution in [0.25, 0.3) is 0 Å². The Morgan fingerprint density at radius 3 is 2.73 bits per heavy atom. The van der Waals surface area contributed by atoms with Crippen LogP contribution in [0.15, 0.2) is 30.3 Å². The number of ether oxygens (including phenoxy) is 4. The number of aliphatic hydroxyl groups excluding tert-OH is 1. The Morgan fingerprint density at radius 2 is 2.05 bits per heavy atom. The van der Waals surface area contributed by atoms with E-state index in [0.29, 0.717) is 13.2 Å². The van der Waals surface area contributed by atoms with Crippen molar-refractivity contribution < 1.29 is 24.1 Å². The second kappa shape index (κ2) is 7.04. The Bertz CT molecular complexity index is 471. The molecule has 2 N–H and O–H groups in total. The second-order valence-electron chi connectivity index (χ2n) is 5.53. The van der Waals surface area contributed by atoms with Gasteiger partial charge in [-0.1, -0.05) is 37.3 Å². The van der Waals surface area contributed by atoms with Crippen LogP contribution in [0.2, 0.25) is 0 Å². The van der Waals surface area contributed by atoms with E-state index in [9.17, 15) is 5.11 Å². The van der Waals surface area contributed by atoms with Gasteiger partial charge in [0.1, 0.15) is 18.3 Å². The summed E-state index contributed by atoms with van der Waals surface area (Å²) in [5.41, 5.74) is 0.932. The molecule has 2 heterocycles. The minimum Gasteiger partial charge on any atom is -0.388 e. The first kappa shape index (κ1) is 15.9. The minimum absolute atomic E-state index is 0.328. The molecule has 2 fully saturated rings. The lowest BCUT2D eigenvalue weighted by molar-refractivity contribution is -0.341. The fourth-order valence-electron chi connectivity index (χ4n) is 3.03. The van der Waals surface area contributed by atoms with E-state index in [1.807, 2.05) is 37.3 Å². The lowest BCUT2D eigenvalue weighted by Gasteiger charge is -2.47. The topological polar surface area (TPSA) is 69.2 Å². The van der Waals surface area contributed by atoms with Gasteiger partial charge in [0, 0.05) is 12.7 Å². The maximum Gasteiger partial charge on any atom is 0.184 e. The van der Waals surface area contributed by atoms with Crippen molar-refractivity contribution in [3.63, 3.8) is 0 Å². The fourth-order valence-corrected chi connectivity index (χ4v) is 3.03. The molecule has 0 spiro atoms. The number of rotatable bonds is 4. The number of nitrogens with one attached hydrogen (secondary N) is 1. The van der Waals surface area contributed by atoms with Gasteiger partial charge >= 0.3 is 0 Å². The average molecular weight is 309 g/mol. The van der Waals surface area contributed by atoms with Crippen molar-refractivity contribution in [2.45, 2.75) is 43.9 Å². The molecule has 122 valence electrons. The lowest BCUT2D eigenvalue weighted by Crippen LogP contribution is -2.65. The summed E-state index contributed by atoms with van der Waals surface area (Å²) in [6.07, 6.45) is -2.51. The molecule has 0 bridgehead atoms. The third-order valence-electron chi connectivity index (χ3n) is 4.11. The molecule has 0 aliphatic carbocycles. The molecule has 22 heavy (non-hydrogen) atoms. The largest absolute Gasteiger partial charge is 0.388 e. The number of hydrogen-bond acceptors (Lipinski definition) is 6. The highest BCUT2D eigenvalue weighted by molar-refractivity contribution is 5.16. The molecule has 0 radical (unpaired) electrons. The predicted octanol–water partition coefficient (Wildman–Crippen LogP) is 0.811. The van der Waals surface area contributed by atoms with E-state index in [-0.39, 0.29) is 12.1 Å². The molecule has 0 saturated carbocycles. The Balaban J connectivity index is 1.74. The van der Waals surface area contributed by atoms with Gasteiger partial charge in [-0.25, -0.2) is 0 Å². The summed E-state index contributed by atoms with van der Waals surface area (Å²) in [5.74, 6) is 0. The quantitative estimate of drug-likeness (QED) is 0.858. The number of likely N-dealkylation sites (N-methyl/N-ethyl adjacent to an activating group) is 1. The standard InChI is InChI=1S/C16H23NO5/c1-3-17-12-13(18)14-11(21-16(12)19-2)9-20-15(22-14)10-7-5-4-6-8-10/h4-8,11-18H,3,9H2,1-2H3/t11-,12-,13-,14-,15?,16+/m1/s1. The van der Waals surface area contributed by atoms with Gasteiger partial charge in [0.15, 0.2) is 12.6 Å². The molecule has 1 aromatic carbocycles. The predicted molar refractivity (Wildman–Crippen MR) is 79.1 cm³/mol. The Kier molecular flexibility index (Phi) is 5.07. The number of fused-ring (bicyclic) bond motifs is 1. The van der Waals surface area contributed by atoms with E-state index >= 15 is 0 Å². The van der Waals surface area contributed by atoms with Crippen LogP contribution in [0.5, 0.6) is 0 Å². The van der Waals surface area contributed by atoms with Crippen LogP contribution in [0, 0.1) is 0 Å². The zero-order chi connectivity index (χ0) is 15.5. The highest BCUT2D eigenvalue weighted by Gasteiger charge is 2.49. The number of hydrogen-bond donors (Lipinski definition) is 2. The third-order valence-corrected chi connectivity index (χ3v) is 4.11. The normalized spacial score (nSPS) is 38.5. The third kappa shape index (κ3) is 3.03. The molecule has 2 aliphatic rings. The van der Waals surface area contributed by atoms with Crippen molar-refractivity contribution in [2.24, 2.45) is 0 Å². The summed E-state index contributed by atoms with van der Waals surface area (Å²) in [6, 6.07) is 9.37. The minimum atomic E-state index is -0.723. The van der Waals surface area contributed by atoms with Crippen LogP contribution in [0.4, 0.5) is 0 Å². The second-order valence-corrected chi connectivity index (χ2v) is 5.53. The van der Waals surface area contributed by atoms with Crippen molar-refractivity contribution >= 4 is 0 Å². The Morgan fingerprint density at radius 1 is 1.27 bits per heavy atom.